The molecule has 23 heavy (non-hydrogen) atoms. The third-order valence-electron chi connectivity index (χ3n) is 3.92. The summed E-state index contributed by atoms with van der Waals surface area (Å²) >= 11 is 9.41. The van der Waals surface area contributed by atoms with Gasteiger partial charge < -0.3 is 9.80 Å². The summed E-state index contributed by atoms with van der Waals surface area (Å²) in [7, 11) is 0. The summed E-state index contributed by atoms with van der Waals surface area (Å²) in [6, 6.07) is 12.2. The van der Waals surface area contributed by atoms with E-state index in [2.05, 4.69) is 20.8 Å². The van der Waals surface area contributed by atoms with Crippen molar-refractivity contribution in [3.63, 3.8) is 0 Å². The summed E-state index contributed by atoms with van der Waals surface area (Å²) in [5.41, 5.74) is 1.08. The van der Waals surface area contributed by atoms with Crippen LogP contribution >= 0.6 is 27.5 Å². The molecule has 2 aromatic carbocycles. The molecule has 1 aliphatic heterocycles. The lowest BCUT2D eigenvalue weighted by Gasteiger charge is -2.36. The molecule has 0 N–H and O–H groups in total. The standard InChI is InChI=1S/C17H15BrClFN2O/c18-12-5-6-13(15(20)11-12)17(23)22-9-7-21(8-10-22)16-4-2-1-3-14(16)19/h1-6,11H,7-10H2. The van der Waals surface area contributed by atoms with Crippen molar-refractivity contribution in [2.75, 3.05) is 31.1 Å². The van der Waals surface area contributed by atoms with Gasteiger partial charge in [0.2, 0.25) is 0 Å². The van der Waals surface area contributed by atoms with Crippen LogP contribution in [0.2, 0.25) is 5.02 Å². The molecule has 0 radical (unpaired) electrons. The Morgan fingerprint density at radius 1 is 1.09 bits per heavy atom. The predicted molar refractivity (Wildman–Crippen MR) is 93.7 cm³/mol. The number of hydrogen-bond donors (Lipinski definition) is 0. The molecule has 1 amide bonds. The highest BCUT2D eigenvalue weighted by Gasteiger charge is 2.24. The van der Waals surface area contributed by atoms with E-state index >= 15 is 0 Å². The van der Waals surface area contributed by atoms with E-state index in [-0.39, 0.29) is 11.5 Å². The van der Waals surface area contributed by atoms with Crippen molar-refractivity contribution >= 4 is 39.1 Å². The number of benzene rings is 2. The molecule has 1 aliphatic rings. The number of carbonyl (C=O) groups is 1. The smallest absolute Gasteiger partial charge is 0.256 e. The van der Waals surface area contributed by atoms with E-state index in [4.69, 9.17) is 11.6 Å². The fourth-order valence-electron chi connectivity index (χ4n) is 2.69. The van der Waals surface area contributed by atoms with E-state index in [0.29, 0.717) is 35.7 Å². The van der Waals surface area contributed by atoms with Gasteiger partial charge in [0.25, 0.3) is 5.91 Å². The number of halogens is 3. The van der Waals surface area contributed by atoms with Gasteiger partial charge in [-0.25, -0.2) is 4.39 Å². The third-order valence-corrected chi connectivity index (χ3v) is 4.73. The van der Waals surface area contributed by atoms with E-state index in [9.17, 15) is 9.18 Å². The van der Waals surface area contributed by atoms with Crippen molar-refractivity contribution in [1.29, 1.82) is 0 Å². The second-order valence-corrected chi connectivity index (χ2v) is 6.68. The number of para-hydroxylation sites is 1. The van der Waals surface area contributed by atoms with Crippen molar-refractivity contribution in [2.45, 2.75) is 0 Å². The summed E-state index contributed by atoms with van der Waals surface area (Å²) in [5.74, 6) is -0.772. The molecular weight excluding hydrogens is 383 g/mol. The largest absolute Gasteiger partial charge is 0.367 e. The van der Waals surface area contributed by atoms with E-state index in [1.54, 1.807) is 11.0 Å². The van der Waals surface area contributed by atoms with Crippen molar-refractivity contribution in [3.8, 4) is 0 Å². The number of carbonyl (C=O) groups excluding carboxylic acids is 1. The van der Waals surface area contributed by atoms with Gasteiger partial charge in [0, 0.05) is 30.7 Å². The van der Waals surface area contributed by atoms with E-state index in [1.165, 1.54) is 12.1 Å². The number of rotatable bonds is 2. The molecule has 3 nitrogen and oxygen atoms in total. The van der Waals surface area contributed by atoms with Crippen LogP contribution in [0.25, 0.3) is 0 Å². The zero-order valence-electron chi connectivity index (χ0n) is 12.3. The molecule has 0 bridgehead atoms. The Kier molecular flexibility index (Phi) is 4.87. The highest BCUT2D eigenvalue weighted by Crippen LogP contribution is 2.26. The maximum absolute atomic E-state index is 13.9. The molecule has 0 aromatic heterocycles. The van der Waals surface area contributed by atoms with Gasteiger partial charge in [-0.05, 0) is 30.3 Å². The molecule has 0 atom stereocenters. The van der Waals surface area contributed by atoms with Gasteiger partial charge >= 0.3 is 0 Å². The summed E-state index contributed by atoms with van der Waals surface area (Å²) in [5, 5.41) is 0.700. The molecule has 6 heteroatoms. The second-order valence-electron chi connectivity index (χ2n) is 5.35. The summed E-state index contributed by atoms with van der Waals surface area (Å²) < 4.78 is 14.6. The highest BCUT2D eigenvalue weighted by atomic mass is 79.9. The Morgan fingerprint density at radius 2 is 1.78 bits per heavy atom. The fraction of sp³-hybridized carbons (Fsp3) is 0.235. The quantitative estimate of drug-likeness (QED) is 0.758. The summed E-state index contributed by atoms with van der Waals surface area (Å²) in [6.07, 6.45) is 0. The first kappa shape index (κ1) is 16.3. The fourth-order valence-corrected chi connectivity index (χ4v) is 3.28. The van der Waals surface area contributed by atoms with Gasteiger partial charge in [-0.3, -0.25) is 4.79 Å². The Hall–Kier alpha value is -1.59. The zero-order chi connectivity index (χ0) is 16.4. The van der Waals surface area contributed by atoms with E-state index < -0.39 is 5.82 Å². The van der Waals surface area contributed by atoms with Crippen molar-refractivity contribution in [1.82, 2.24) is 4.90 Å². The molecule has 0 saturated carbocycles. The third kappa shape index (κ3) is 3.51. The van der Waals surface area contributed by atoms with Crippen LogP contribution in [-0.2, 0) is 0 Å². The first-order valence-electron chi connectivity index (χ1n) is 7.30. The van der Waals surface area contributed by atoms with Gasteiger partial charge in [-0.15, -0.1) is 0 Å². The van der Waals surface area contributed by atoms with Crippen LogP contribution < -0.4 is 4.90 Å². The monoisotopic (exact) mass is 396 g/mol. The lowest BCUT2D eigenvalue weighted by molar-refractivity contribution is 0.0742. The van der Waals surface area contributed by atoms with Crippen LogP contribution in [0.5, 0.6) is 0 Å². The van der Waals surface area contributed by atoms with Gasteiger partial charge in [0.1, 0.15) is 5.82 Å². The average molecular weight is 398 g/mol. The number of amides is 1. The van der Waals surface area contributed by atoms with Crippen LogP contribution in [0.1, 0.15) is 10.4 Å². The second kappa shape index (κ2) is 6.89. The number of piperazine rings is 1. The summed E-state index contributed by atoms with van der Waals surface area (Å²) in [4.78, 5) is 16.3. The van der Waals surface area contributed by atoms with E-state index in [1.807, 2.05) is 24.3 Å². The van der Waals surface area contributed by atoms with Crippen molar-refractivity contribution in [2.24, 2.45) is 0 Å². The Balaban J connectivity index is 1.69. The molecule has 3 rings (SSSR count). The normalized spacial score (nSPS) is 14.9. The minimum atomic E-state index is -0.502. The molecule has 0 spiro atoms. The van der Waals surface area contributed by atoms with Crippen molar-refractivity contribution < 1.29 is 9.18 Å². The molecular formula is C17H15BrClFN2O. The van der Waals surface area contributed by atoms with Crippen LogP contribution in [0.15, 0.2) is 46.9 Å². The topological polar surface area (TPSA) is 23.6 Å². The zero-order valence-corrected chi connectivity index (χ0v) is 14.6. The number of hydrogen-bond acceptors (Lipinski definition) is 2. The van der Waals surface area contributed by atoms with Crippen molar-refractivity contribution in [3.05, 3.63) is 63.3 Å². The number of nitrogens with zero attached hydrogens (tertiary/aromatic N) is 2. The molecule has 0 unspecified atom stereocenters. The van der Waals surface area contributed by atoms with Crippen LogP contribution in [0.3, 0.4) is 0 Å². The summed E-state index contributed by atoms with van der Waals surface area (Å²) in [6.45, 7) is 2.43. The van der Waals surface area contributed by atoms with Crippen LogP contribution in [-0.4, -0.2) is 37.0 Å². The number of anilines is 1. The van der Waals surface area contributed by atoms with Crippen LogP contribution in [0, 0.1) is 5.82 Å². The molecule has 1 fully saturated rings. The lowest BCUT2D eigenvalue weighted by Crippen LogP contribution is -2.49. The Bertz CT molecular complexity index is 732. The minimum Gasteiger partial charge on any atom is -0.367 e. The Morgan fingerprint density at radius 3 is 2.43 bits per heavy atom. The maximum Gasteiger partial charge on any atom is 0.256 e. The molecule has 1 saturated heterocycles. The molecule has 120 valence electrons. The van der Waals surface area contributed by atoms with Gasteiger partial charge in [0.15, 0.2) is 0 Å². The average Bonchev–Trinajstić information content (AvgIpc) is 2.55. The predicted octanol–water partition coefficient (Wildman–Crippen LogP) is 4.20. The molecule has 2 aromatic rings. The first-order valence-corrected chi connectivity index (χ1v) is 8.47. The maximum atomic E-state index is 13.9. The molecule has 0 aliphatic carbocycles. The Labute approximate surface area is 147 Å². The van der Waals surface area contributed by atoms with Gasteiger partial charge in [-0.2, -0.15) is 0 Å². The first-order chi connectivity index (χ1) is 11.1. The van der Waals surface area contributed by atoms with Gasteiger partial charge in [-0.1, -0.05) is 39.7 Å². The van der Waals surface area contributed by atoms with E-state index in [0.717, 1.165) is 5.69 Å². The van der Waals surface area contributed by atoms with Gasteiger partial charge in [0.05, 0.1) is 16.3 Å². The molecule has 1 heterocycles. The SMILES string of the molecule is O=C(c1ccc(Br)cc1F)N1CCN(c2ccccc2Cl)CC1. The van der Waals surface area contributed by atoms with Crippen LogP contribution in [0.4, 0.5) is 10.1 Å². The lowest BCUT2D eigenvalue weighted by atomic mass is 10.1. The highest BCUT2D eigenvalue weighted by molar-refractivity contribution is 9.10. The minimum absolute atomic E-state index is 0.111.